The van der Waals surface area contributed by atoms with E-state index in [-0.39, 0.29) is 116 Å². The zero-order valence-corrected chi connectivity index (χ0v) is 63.4. The van der Waals surface area contributed by atoms with Gasteiger partial charge in [0.25, 0.3) is 23.6 Å². The van der Waals surface area contributed by atoms with Gasteiger partial charge in [-0.05, 0) is 190 Å². The molecule has 0 unspecified atom stereocenters. The molecule has 93 heavy (non-hydrogen) atoms. The SMILES string of the molecule is COc1c(I)ccnc1F.COc1c(I)ccnc1O[C@@H]1CC[C@@H](C)NC1.COc1ccc(C(=O)N2C[C@H](Oc3nccc(I)c3OC)CC[C@H]2C)c(-c2ncccn2)n1.COc1ccc(C(=O)[O-])c(-c2ncccn2)n1.C[C@@H]1CC[C@@H](O)CN1C(=O)OC(C)(C)C.[K+]. The van der Waals surface area contributed by atoms with Crippen LogP contribution >= 0.6 is 67.8 Å². The number of carbonyl (C=O) groups excluding carboxylic acids is 3. The molecule has 2 N–H and O–H groups in total. The number of rotatable bonds is 13. The number of β-amino-alcohol motifs (C(OH)–C–C–N with tert-alkyl or cyclic N) is 1. The van der Waals surface area contributed by atoms with Gasteiger partial charge >= 0.3 is 57.5 Å². The molecule has 10 heterocycles. The van der Waals surface area contributed by atoms with Crippen LogP contribution in [0.5, 0.6) is 40.8 Å². The summed E-state index contributed by atoms with van der Waals surface area (Å²) in [5.41, 5.74) is 0.386. The number of carboxylic acid groups (broad SMARTS) is 1. The first-order chi connectivity index (χ1) is 44.0. The van der Waals surface area contributed by atoms with Crippen molar-refractivity contribution < 1.29 is 118 Å². The van der Waals surface area contributed by atoms with Gasteiger partial charge in [-0.1, -0.05) is 0 Å². The fourth-order valence-corrected chi connectivity index (χ4v) is 11.1. The summed E-state index contributed by atoms with van der Waals surface area (Å²) in [6.45, 7) is 13.4. The number of nitrogens with one attached hydrogen (secondary N) is 1. The number of hydrogen-bond acceptors (Lipinski definition) is 23. The van der Waals surface area contributed by atoms with Gasteiger partial charge in [0, 0.05) is 85.7 Å². The predicted molar refractivity (Wildman–Crippen MR) is 361 cm³/mol. The van der Waals surface area contributed by atoms with Crippen molar-refractivity contribution in [3.05, 3.63) is 126 Å². The number of aliphatic hydroxyl groups is 1. The van der Waals surface area contributed by atoms with E-state index in [4.69, 9.17) is 37.9 Å². The van der Waals surface area contributed by atoms with Gasteiger partial charge in [-0.2, -0.15) is 4.39 Å². The first-order valence-electron chi connectivity index (χ1n) is 29.1. The number of nitrogens with zero attached hydrogens (tertiary/aromatic N) is 11. The first-order valence-corrected chi connectivity index (χ1v) is 32.3. The zero-order valence-electron chi connectivity index (χ0n) is 53.8. The molecule has 6 atom stereocenters. The minimum absolute atomic E-state index is 0. The van der Waals surface area contributed by atoms with Crippen LogP contribution in [0.4, 0.5) is 9.18 Å². The number of aromatic carboxylic acids is 1. The number of aromatic nitrogens is 9. The van der Waals surface area contributed by atoms with Crippen LogP contribution in [0.2, 0.25) is 0 Å². The third-order valence-electron chi connectivity index (χ3n) is 14.0. The summed E-state index contributed by atoms with van der Waals surface area (Å²) < 4.78 is 58.3. The Hall–Kier alpha value is -5.60. The van der Waals surface area contributed by atoms with Crippen LogP contribution < -0.4 is 95.0 Å². The van der Waals surface area contributed by atoms with Crippen molar-refractivity contribution in [3.8, 4) is 63.8 Å². The van der Waals surface area contributed by atoms with Gasteiger partial charge in [0.15, 0.2) is 28.9 Å². The van der Waals surface area contributed by atoms with Gasteiger partial charge in [-0.25, -0.2) is 49.7 Å². The van der Waals surface area contributed by atoms with E-state index in [2.05, 4.69) is 102 Å². The summed E-state index contributed by atoms with van der Waals surface area (Å²) in [5, 5.41) is 23.9. The van der Waals surface area contributed by atoms with Crippen molar-refractivity contribution in [2.24, 2.45) is 0 Å². The van der Waals surface area contributed by atoms with E-state index in [1.807, 2.05) is 74.2 Å². The molecule has 7 aromatic heterocycles. The molecule has 0 aliphatic carbocycles. The number of likely N-dealkylation sites (tertiary alicyclic amines) is 2. The van der Waals surface area contributed by atoms with E-state index in [0.717, 1.165) is 61.5 Å². The van der Waals surface area contributed by atoms with E-state index < -0.39 is 23.6 Å². The molecule has 494 valence electrons. The minimum Gasteiger partial charge on any atom is -0.545 e. The summed E-state index contributed by atoms with van der Waals surface area (Å²) in [6, 6.07) is 15.7. The third-order valence-corrected chi connectivity index (χ3v) is 16.5. The second-order valence-corrected chi connectivity index (χ2v) is 25.3. The Morgan fingerprint density at radius 1 is 0.581 bits per heavy atom. The normalized spacial score (nSPS) is 18.2. The second-order valence-electron chi connectivity index (χ2n) is 21.8. The number of carboxylic acids is 1. The number of piperidine rings is 3. The molecule has 2 amide bonds. The standard InChI is InChI=1S/C23H24IN5O4.C12H17IN2O2.C11H9N3O3.C11H21NO3.C6H5FINO.K/c1-14-5-6-15(33-22-20(32-3)17(24)9-12-27-22)13-29(14)23(30)16-7-8-18(31-2)28-19(16)21-25-10-4-11-26-21;1-8-3-4-9(7-15-8)17-12-11(16-2)10(13)5-6-14-12;1-17-8-4-3-7(11(15)16)9(14-8)10-12-5-2-6-13-10;1-8-5-6-9(13)7-12(8)10(14)15-11(2,3)4;1-10-5-4(8)2-3-9-6(5)7;/h4,7-12,14-15H,5-6,13H2,1-3H3;5-6,8-9,15H,3-4,7H2,1-2H3;2-6H,1H3,(H,15,16);8-9,13H,5-7H2,1-4H3;2-3H,1H3;/q;;;;;+1/p-1/t14-,15-;8-,9-;;8-,9-;;/m11.1../s1. The molecule has 3 fully saturated rings. The molecule has 30 heteroatoms. The Bertz CT molecular complexity index is 3500. The van der Waals surface area contributed by atoms with Crippen LogP contribution in [0, 0.1) is 16.7 Å². The average Bonchev–Trinajstić information content (AvgIpc) is 0.817. The van der Waals surface area contributed by atoms with Gasteiger partial charge in [-0.3, -0.25) is 4.79 Å². The van der Waals surface area contributed by atoms with Gasteiger partial charge in [0.05, 0.1) is 77.0 Å². The second kappa shape index (κ2) is 38.8. The fourth-order valence-electron chi connectivity index (χ4n) is 9.22. The average molecular weight is 1650 g/mol. The van der Waals surface area contributed by atoms with Crippen molar-refractivity contribution in [1.29, 1.82) is 0 Å². The van der Waals surface area contributed by atoms with Crippen LogP contribution in [0.3, 0.4) is 0 Å². The molecule has 0 radical (unpaired) electrons. The Balaban J connectivity index is 0.000000224. The molecule has 7 aromatic rings. The molecule has 3 saturated heterocycles. The smallest absolute Gasteiger partial charge is 0.545 e. The molecule has 25 nitrogen and oxygen atoms in total. The van der Waals surface area contributed by atoms with Crippen molar-refractivity contribution in [2.75, 3.05) is 55.2 Å². The summed E-state index contributed by atoms with van der Waals surface area (Å²) in [4.78, 5) is 76.7. The number of hydrogen-bond donors (Lipinski definition) is 2. The number of pyridine rings is 5. The minimum atomic E-state index is -1.33. The van der Waals surface area contributed by atoms with Crippen LogP contribution in [0.25, 0.3) is 23.0 Å². The number of aliphatic hydroxyl groups excluding tert-OH is 1. The van der Waals surface area contributed by atoms with E-state index in [1.165, 1.54) is 52.1 Å². The number of methoxy groups -OCH3 is 5. The quantitative estimate of drug-likeness (QED) is 0.0721. The maximum atomic E-state index is 13.7. The summed E-state index contributed by atoms with van der Waals surface area (Å²) >= 11 is 6.39. The van der Waals surface area contributed by atoms with Crippen molar-refractivity contribution in [2.45, 2.75) is 122 Å². The summed E-state index contributed by atoms with van der Waals surface area (Å²) in [7, 11) is 7.63. The molecule has 0 spiro atoms. The summed E-state index contributed by atoms with van der Waals surface area (Å²) in [6.07, 6.45) is 15.7. The van der Waals surface area contributed by atoms with Gasteiger partial charge < -0.3 is 68.0 Å². The molecule has 10 rings (SSSR count). The van der Waals surface area contributed by atoms with Crippen LogP contribution in [0.15, 0.2) is 98.0 Å². The largest absolute Gasteiger partial charge is 1.00 e. The van der Waals surface area contributed by atoms with E-state index in [9.17, 15) is 29.0 Å². The Labute approximate surface area is 624 Å². The summed E-state index contributed by atoms with van der Waals surface area (Å²) in [5.74, 6) is 1.77. The Morgan fingerprint density at radius 3 is 1.51 bits per heavy atom. The molecular weight excluding hydrogens is 1570 g/mol. The number of amides is 2. The zero-order chi connectivity index (χ0) is 67.1. The fraction of sp³-hybridized carbons (Fsp3) is 0.429. The Kier molecular flexibility index (Phi) is 32.6. The van der Waals surface area contributed by atoms with E-state index >= 15 is 0 Å². The van der Waals surface area contributed by atoms with E-state index in [0.29, 0.717) is 59.6 Å². The van der Waals surface area contributed by atoms with Gasteiger partial charge in [0.1, 0.15) is 29.2 Å². The molecule has 3 aliphatic heterocycles. The monoisotopic (exact) mass is 1650 g/mol. The van der Waals surface area contributed by atoms with Gasteiger partial charge in [-0.15, -0.1) is 0 Å². The van der Waals surface area contributed by atoms with Crippen LogP contribution in [-0.4, -0.2) is 175 Å². The molecular formula is C63H75FI3KN12O13. The topological polar surface area (TPSA) is 303 Å². The number of ether oxygens (including phenoxy) is 8. The maximum Gasteiger partial charge on any atom is 1.00 e. The van der Waals surface area contributed by atoms with Crippen molar-refractivity contribution in [1.82, 2.24) is 60.0 Å². The molecule has 3 aliphatic rings. The molecule has 0 saturated carbocycles. The first kappa shape index (κ1) is 78.1. The number of halogens is 4. The van der Waals surface area contributed by atoms with Crippen LogP contribution in [-0.2, 0) is 4.74 Å². The predicted octanol–water partition coefficient (Wildman–Crippen LogP) is 6.36. The third kappa shape index (κ3) is 23.6. The number of carbonyl (C=O) groups is 3. The maximum absolute atomic E-state index is 13.7. The van der Waals surface area contributed by atoms with Crippen LogP contribution in [0.1, 0.15) is 101 Å². The Morgan fingerprint density at radius 2 is 1.04 bits per heavy atom. The van der Waals surface area contributed by atoms with Crippen molar-refractivity contribution in [3.63, 3.8) is 0 Å². The van der Waals surface area contributed by atoms with Gasteiger partial charge in [0.2, 0.25) is 11.8 Å². The van der Waals surface area contributed by atoms with E-state index in [1.54, 1.807) is 74.2 Å². The molecule has 0 bridgehead atoms. The molecule has 0 aromatic carbocycles. The van der Waals surface area contributed by atoms with Crippen molar-refractivity contribution >= 4 is 85.7 Å².